The summed E-state index contributed by atoms with van der Waals surface area (Å²) in [4.78, 5) is 19.1. The average Bonchev–Trinajstić information content (AvgIpc) is 2.58. The third-order valence-corrected chi connectivity index (χ3v) is 4.41. The molecule has 2 saturated heterocycles. The van der Waals surface area contributed by atoms with Gasteiger partial charge in [-0.15, -0.1) is 0 Å². The second-order valence-corrected chi connectivity index (χ2v) is 6.02. The predicted molar refractivity (Wildman–Crippen MR) is 84.8 cm³/mol. The summed E-state index contributed by atoms with van der Waals surface area (Å²) in [6, 6.07) is 4.17. The van der Waals surface area contributed by atoms with Crippen LogP contribution in [-0.2, 0) is 9.53 Å². The van der Waals surface area contributed by atoms with Gasteiger partial charge >= 0.3 is 0 Å². The molecular formula is C16H24N4O2. The van der Waals surface area contributed by atoms with Gasteiger partial charge < -0.3 is 15.4 Å². The van der Waals surface area contributed by atoms with Gasteiger partial charge in [0.15, 0.2) is 0 Å². The first-order chi connectivity index (χ1) is 10.7. The molecule has 0 spiro atoms. The average molecular weight is 304 g/mol. The van der Waals surface area contributed by atoms with E-state index >= 15 is 0 Å². The minimum absolute atomic E-state index is 0.0161. The van der Waals surface area contributed by atoms with Crippen molar-refractivity contribution in [2.45, 2.75) is 31.8 Å². The van der Waals surface area contributed by atoms with E-state index in [1.54, 1.807) is 6.20 Å². The van der Waals surface area contributed by atoms with Crippen molar-refractivity contribution in [1.29, 1.82) is 0 Å². The Morgan fingerprint density at radius 1 is 1.41 bits per heavy atom. The van der Waals surface area contributed by atoms with Crippen LogP contribution in [-0.4, -0.2) is 60.7 Å². The first-order valence-corrected chi connectivity index (χ1v) is 8.01. The Morgan fingerprint density at radius 2 is 2.23 bits per heavy atom. The SMILES string of the molecule is Cc1ccc(NC(=O)C2CN(C3CCOCC3)CCN2)cn1. The molecule has 1 amide bonds. The summed E-state index contributed by atoms with van der Waals surface area (Å²) in [6.45, 7) is 6.21. The van der Waals surface area contributed by atoms with Crippen molar-refractivity contribution in [3.63, 3.8) is 0 Å². The maximum atomic E-state index is 12.4. The molecule has 1 aromatic heterocycles. The Morgan fingerprint density at radius 3 is 2.95 bits per heavy atom. The lowest BCUT2D eigenvalue weighted by molar-refractivity contribution is -0.119. The van der Waals surface area contributed by atoms with Crippen LogP contribution in [0.5, 0.6) is 0 Å². The van der Waals surface area contributed by atoms with Crippen molar-refractivity contribution < 1.29 is 9.53 Å². The molecule has 0 radical (unpaired) electrons. The Bertz CT molecular complexity index is 499. The van der Waals surface area contributed by atoms with Crippen LogP contribution in [0.15, 0.2) is 18.3 Å². The van der Waals surface area contributed by atoms with Gasteiger partial charge in [-0.1, -0.05) is 0 Å². The van der Waals surface area contributed by atoms with Crippen molar-refractivity contribution >= 4 is 11.6 Å². The summed E-state index contributed by atoms with van der Waals surface area (Å²) in [7, 11) is 0. The standard InChI is InChI=1S/C16H24N4O2/c1-12-2-3-13(10-18-12)19-16(21)15-11-20(7-6-17-15)14-4-8-22-9-5-14/h2-3,10,14-15,17H,4-9,11H2,1H3,(H,19,21). The predicted octanol–water partition coefficient (Wildman–Crippen LogP) is 0.781. The number of anilines is 1. The molecule has 2 aliphatic heterocycles. The molecule has 120 valence electrons. The summed E-state index contributed by atoms with van der Waals surface area (Å²) < 4.78 is 5.42. The van der Waals surface area contributed by atoms with Gasteiger partial charge in [-0.25, -0.2) is 0 Å². The Hall–Kier alpha value is -1.50. The molecule has 1 unspecified atom stereocenters. The van der Waals surface area contributed by atoms with Gasteiger partial charge in [0, 0.05) is 44.6 Å². The van der Waals surface area contributed by atoms with Gasteiger partial charge in [-0.3, -0.25) is 14.7 Å². The highest BCUT2D eigenvalue weighted by Crippen LogP contribution is 2.16. The van der Waals surface area contributed by atoms with Crippen LogP contribution in [0.1, 0.15) is 18.5 Å². The van der Waals surface area contributed by atoms with Crippen LogP contribution in [0.2, 0.25) is 0 Å². The number of rotatable bonds is 3. The maximum Gasteiger partial charge on any atom is 0.242 e. The van der Waals surface area contributed by atoms with Crippen molar-refractivity contribution in [1.82, 2.24) is 15.2 Å². The maximum absolute atomic E-state index is 12.4. The Labute approximate surface area is 131 Å². The van der Waals surface area contributed by atoms with Crippen LogP contribution in [0.3, 0.4) is 0 Å². The van der Waals surface area contributed by atoms with E-state index in [0.717, 1.165) is 57.1 Å². The first-order valence-electron chi connectivity index (χ1n) is 8.01. The van der Waals surface area contributed by atoms with Crippen LogP contribution in [0, 0.1) is 6.92 Å². The summed E-state index contributed by atoms with van der Waals surface area (Å²) in [5, 5.41) is 6.26. The summed E-state index contributed by atoms with van der Waals surface area (Å²) >= 11 is 0. The number of ether oxygens (including phenoxy) is 1. The number of nitrogens with zero attached hydrogens (tertiary/aromatic N) is 2. The van der Waals surface area contributed by atoms with Crippen LogP contribution in [0.25, 0.3) is 0 Å². The minimum Gasteiger partial charge on any atom is -0.381 e. The number of aromatic nitrogens is 1. The fourth-order valence-corrected chi connectivity index (χ4v) is 3.10. The van der Waals surface area contributed by atoms with E-state index in [4.69, 9.17) is 4.74 Å². The zero-order chi connectivity index (χ0) is 15.4. The van der Waals surface area contributed by atoms with Crippen molar-refractivity contribution in [2.24, 2.45) is 0 Å². The number of hydrogen-bond donors (Lipinski definition) is 2. The molecule has 3 heterocycles. The molecule has 2 N–H and O–H groups in total. The molecule has 1 atom stereocenters. The van der Waals surface area contributed by atoms with Crippen molar-refractivity contribution in [3.05, 3.63) is 24.0 Å². The fraction of sp³-hybridized carbons (Fsp3) is 0.625. The number of nitrogens with one attached hydrogen (secondary N) is 2. The molecule has 2 aliphatic rings. The number of amides is 1. The lowest BCUT2D eigenvalue weighted by Gasteiger charge is -2.39. The van der Waals surface area contributed by atoms with Crippen LogP contribution in [0.4, 0.5) is 5.69 Å². The molecular weight excluding hydrogens is 280 g/mol. The number of aryl methyl sites for hydroxylation is 1. The van der Waals surface area contributed by atoms with Gasteiger partial charge in [-0.2, -0.15) is 0 Å². The van der Waals surface area contributed by atoms with E-state index in [2.05, 4.69) is 20.5 Å². The molecule has 22 heavy (non-hydrogen) atoms. The Kier molecular flexibility index (Phi) is 5.02. The Balaban J connectivity index is 1.56. The van der Waals surface area contributed by atoms with E-state index in [1.807, 2.05) is 19.1 Å². The number of carbonyl (C=O) groups excluding carboxylic acids is 1. The zero-order valence-electron chi connectivity index (χ0n) is 13.0. The number of pyridine rings is 1. The van der Waals surface area contributed by atoms with Crippen LogP contribution < -0.4 is 10.6 Å². The minimum atomic E-state index is -0.169. The lowest BCUT2D eigenvalue weighted by atomic mass is 10.0. The highest BCUT2D eigenvalue weighted by molar-refractivity contribution is 5.94. The monoisotopic (exact) mass is 304 g/mol. The number of carbonyl (C=O) groups is 1. The summed E-state index contributed by atoms with van der Waals surface area (Å²) in [5.41, 5.74) is 1.69. The molecule has 0 saturated carbocycles. The second-order valence-electron chi connectivity index (χ2n) is 6.02. The molecule has 3 rings (SSSR count). The van der Waals surface area contributed by atoms with Gasteiger partial charge in [0.05, 0.1) is 17.9 Å². The summed E-state index contributed by atoms with van der Waals surface area (Å²) in [6.07, 6.45) is 3.83. The van der Waals surface area contributed by atoms with Gasteiger partial charge in [0.2, 0.25) is 5.91 Å². The first kappa shape index (κ1) is 15.4. The normalized spacial score (nSPS) is 24.1. The van der Waals surface area contributed by atoms with E-state index in [1.165, 1.54) is 0 Å². The van der Waals surface area contributed by atoms with Gasteiger partial charge in [0.1, 0.15) is 0 Å². The second kappa shape index (κ2) is 7.17. The number of piperazine rings is 1. The zero-order valence-corrected chi connectivity index (χ0v) is 13.0. The van der Waals surface area contributed by atoms with E-state index < -0.39 is 0 Å². The number of hydrogen-bond acceptors (Lipinski definition) is 5. The van der Waals surface area contributed by atoms with E-state index in [9.17, 15) is 4.79 Å². The van der Waals surface area contributed by atoms with Crippen LogP contribution >= 0.6 is 0 Å². The third kappa shape index (κ3) is 3.82. The van der Waals surface area contributed by atoms with Gasteiger partial charge in [0.25, 0.3) is 0 Å². The largest absolute Gasteiger partial charge is 0.381 e. The quantitative estimate of drug-likeness (QED) is 0.864. The fourth-order valence-electron chi connectivity index (χ4n) is 3.10. The molecule has 6 heteroatoms. The summed E-state index contributed by atoms with van der Waals surface area (Å²) in [5.74, 6) is 0.0161. The smallest absolute Gasteiger partial charge is 0.242 e. The molecule has 0 bridgehead atoms. The van der Waals surface area contributed by atoms with Crippen molar-refractivity contribution in [2.75, 3.05) is 38.2 Å². The molecule has 1 aromatic rings. The third-order valence-electron chi connectivity index (χ3n) is 4.41. The molecule has 0 aliphatic carbocycles. The highest BCUT2D eigenvalue weighted by atomic mass is 16.5. The van der Waals surface area contributed by atoms with E-state index in [-0.39, 0.29) is 11.9 Å². The lowest BCUT2D eigenvalue weighted by Crippen LogP contribution is -2.58. The molecule has 2 fully saturated rings. The van der Waals surface area contributed by atoms with E-state index in [0.29, 0.717) is 6.04 Å². The molecule has 0 aromatic carbocycles. The topological polar surface area (TPSA) is 66.5 Å². The highest BCUT2D eigenvalue weighted by Gasteiger charge is 2.30. The van der Waals surface area contributed by atoms with Crippen molar-refractivity contribution in [3.8, 4) is 0 Å². The molecule has 6 nitrogen and oxygen atoms in total. The van der Waals surface area contributed by atoms with Gasteiger partial charge in [-0.05, 0) is 31.9 Å².